The molecule has 0 N–H and O–H groups in total. The van der Waals surface area contributed by atoms with Crippen molar-refractivity contribution in [1.29, 1.82) is 0 Å². The van der Waals surface area contributed by atoms with Crippen molar-refractivity contribution in [2.24, 2.45) is 0 Å². The summed E-state index contributed by atoms with van der Waals surface area (Å²) >= 11 is 6.13. The molecule has 0 bridgehead atoms. The molecule has 1 aromatic heterocycles. The van der Waals surface area contributed by atoms with Crippen LogP contribution in [0.1, 0.15) is 20.8 Å². The van der Waals surface area contributed by atoms with E-state index in [-0.39, 0.29) is 0 Å². The highest BCUT2D eigenvalue weighted by molar-refractivity contribution is 6.29. The Balaban J connectivity index is 2.45. The van der Waals surface area contributed by atoms with Crippen molar-refractivity contribution in [3.05, 3.63) is 41.6 Å². The van der Waals surface area contributed by atoms with E-state index in [1.807, 2.05) is 36.4 Å². The SMILES string of the molecule is CCN(c1cc(Cl)nc(-c2ccccc2)n1)C(C)C. The number of halogens is 1. The Hall–Kier alpha value is -1.61. The number of hydrogen-bond acceptors (Lipinski definition) is 3. The molecule has 0 saturated heterocycles. The molecule has 3 nitrogen and oxygen atoms in total. The summed E-state index contributed by atoms with van der Waals surface area (Å²) < 4.78 is 0. The van der Waals surface area contributed by atoms with Gasteiger partial charge < -0.3 is 4.90 Å². The number of hydrogen-bond donors (Lipinski definition) is 0. The molecule has 4 heteroatoms. The van der Waals surface area contributed by atoms with Crippen molar-refractivity contribution in [2.75, 3.05) is 11.4 Å². The van der Waals surface area contributed by atoms with E-state index in [1.165, 1.54) is 0 Å². The third-order valence-corrected chi connectivity index (χ3v) is 3.17. The lowest BCUT2D eigenvalue weighted by Crippen LogP contribution is -2.31. The molecule has 0 spiro atoms. The van der Waals surface area contributed by atoms with Crippen LogP contribution >= 0.6 is 11.6 Å². The van der Waals surface area contributed by atoms with Crippen LogP contribution in [-0.4, -0.2) is 22.6 Å². The standard InChI is InChI=1S/C15H18ClN3/c1-4-19(11(2)3)14-10-13(16)17-15(18-14)12-8-6-5-7-9-12/h5-11H,4H2,1-3H3. The quantitative estimate of drug-likeness (QED) is 0.789. The van der Waals surface area contributed by atoms with Crippen LogP contribution in [0.3, 0.4) is 0 Å². The van der Waals surface area contributed by atoms with Crippen molar-refractivity contribution in [3.63, 3.8) is 0 Å². The van der Waals surface area contributed by atoms with Gasteiger partial charge in [-0.2, -0.15) is 0 Å². The zero-order chi connectivity index (χ0) is 13.8. The van der Waals surface area contributed by atoms with Crippen LogP contribution in [0.15, 0.2) is 36.4 Å². The number of nitrogens with zero attached hydrogens (tertiary/aromatic N) is 3. The van der Waals surface area contributed by atoms with Crippen LogP contribution < -0.4 is 4.90 Å². The maximum Gasteiger partial charge on any atom is 0.163 e. The summed E-state index contributed by atoms with van der Waals surface area (Å²) in [5, 5.41) is 0.475. The van der Waals surface area contributed by atoms with Gasteiger partial charge in [-0.15, -0.1) is 0 Å². The highest BCUT2D eigenvalue weighted by atomic mass is 35.5. The molecule has 2 aromatic rings. The van der Waals surface area contributed by atoms with Gasteiger partial charge in [0.05, 0.1) is 0 Å². The molecule has 2 rings (SSSR count). The van der Waals surface area contributed by atoms with Crippen LogP contribution in [0, 0.1) is 0 Å². The molecule has 1 aromatic carbocycles. The first-order valence-electron chi connectivity index (χ1n) is 6.48. The molecule has 0 saturated carbocycles. The fourth-order valence-electron chi connectivity index (χ4n) is 2.06. The molecule has 0 atom stereocenters. The van der Waals surface area contributed by atoms with Crippen LogP contribution in [-0.2, 0) is 0 Å². The summed E-state index contributed by atoms with van der Waals surface area (Å²) in [5.41, 5.74) is 0.978. The smallest absolute Gasteiger partial charge is 0.163 e. The minimum absolute atomic E-state index is 0.375. The molecule has 0 aliphatic heterocycles. The first-order chi connectivity index (χ1) is 9.11. The second-order valence-corrected chi connectivity index (χ2v) is 5.01. The van der Waals surface area contributed by atoms with Gasteiger partial charge in [-0.3, -0.25) is 0 Å². The predicted molar refractivity (Wildman–Crippen MR) is 80.6 cm³/mol. The highest BCUT2D eigenvalue weighted by Gasteiger charge is 2.13. The summed E-state index contributed by atoms with van der Waals surface area (Å²) in [5.74, 6) is 1.54. The average Bonchev–Trinajstić information content (AvgIpc) is 2.39. The third kappa shape index (κ3) is 3.24. The lowest BCUT2D eigenvalue weighted by molar-refractivity contribution is 0.692. The predicted octanol–water partition coefficient (Wildman–Crippen LogP) is 4.03. The molecule has 100 valence electrons. The number of anilines is 1. The van der Waals surface area contributed by atoms with E-state index in [4.69, 9.17) is 11.6 Å². The number of aromatic nitrogens is 2. The molecule has 0 aliphatic rings. The van der Waals surface area contributed by atoms with Crippen molar-refractivity contribution in [1.82, 2.24) is 9.97 Å². The highest BCUT2D eigenvalue weighted by Crippen LogP contribution is 2.23. The molecular formula is C15H18ClN3. The van der Waals surface area contributed by atoms with Gasteiger partial charge in [0.25, 0.3) is 0 Å². The van der Waals surface area contributed by atoms with Gasteiger partial charge in [0.1, 0.15) is 11.0 Å². The molecule has 0 aliphatic carbocycles. The van der Waals surface area contributed by atoms with E-state index in [0.29, 0.717) is 17.0 Å². The second kappa shape index (κ2) is 6.02. The summed E-state index contributed by atoms with van der Waals surface area (Å²) in [7, 11) is 0. The van der Waals surface area contributed by atoms with Gasteiger partial charge >= 0.3 is 0 Å². The number of benzene rings is 1. The summed E-state index contributed by atoms with van der Waals surface area (Å²) in [6, 6.07) is 12.1. The third-order valence-electron chi connectivity index (χ3n) is 2.97. The summed E-state index contributed by atoms with van der Waals surface area (Å²) in [4.78, 5) is 11.1. The van der Waals surface area contributed by atoms with E-state index in [2.05, 4.69) is 35.6 Å². The largest absolute Gasteiger partial charge is 0.354 e. The topological polar surface area (TPSA) is 29.0 Å². The summed E-state index contributed by atoms with van der Waals surface area (Å²) in [6.45, 7) is 7.28. The lowest BCUT2D eigenvalue weighted by atomic mass is 10.2. The van der Waals surface area contributed by atoms with Crippen LogP contribution in [0.2, 0.25) is 5.15 Å². The molecular weight excluding hydrogens is 258 g/mol. The van der Waals surface area contributed by atoms with E-state index in [0.717, 1.165) is 17.9 Å². The van der Waals surface area contributed by atoms with Gasteiger partial charge in [-0.1, -0.05) is 41.9 Å². The second-order valence-electron chi connectivity index (χ2n) is 4.62. The zero-order valence-corrected chi connectivity index (χ0v) is 12.2. The Morgan fingerprint density at radius 2 is 1.84 bits per heavy atom. The van der Waals surface area contributed by atoms with E-state index in [1.54, 1.807) is 0 Å². The van der Waals surface area contributed by atoms with Crippen molar-refractivity contribution in [3.8, 4) is 11.4 Å². The molecule has 0 fully saturated rings. The minimum atomic E-state index is 0.375. The lowest BCUT2D eigenvalue weighted by Gasteiger charge is -2.26. The maximum atomic E-state index is 6.13. The molecule has 19 heavy (non-hydrogen) atoms. The van der Waals surface area contributed by atoms with E-state index >= 15 is 0 Å². The Bertz CT molecular complexity index is 540. The molecule has 0 amide bonds. The van der Waals surface area contributed by atoms with Crippen molar-refractivity contribution >= 4 is 17.4 Å². The van der Waals surface area contributed by atoms with Crippen molar-refractivity contribution in [2.45, 2.75) is 26.8 Å². The summed E-state index contributed by atoms with van der Waals surface area (Å²) in [6.07, 6.45) is 0. The van der Waals surface area contributed by atoms with Crippen LogP contribution in [0.25, 0.3) is 11.4 Å². The molecule has 0 radical (unpaired) electrons. The fraction of sp³-hybridized carbons (Fsp3) is 0.333. The van der Waals surface area contributed by atoms with E-state index < -0.39 is 0 Å². The van der Waals surface area contributed by atoms with Gasteiger partial charge in [-0.25, -0.2) is 9.97 Å². The van der Waals surface area contributed by atoms with Gasteiger partial charge in [-0.05, 0) is 20.8 Å². The van der Waals surface area contributed by atoms with Gasteiger partial charge in [0.2, 0.25) is 0 Å². The Morgan fingerprint density at radius 3 is 2.42 bits per heavy atom. The normalized spacial score (nSPS) is 10.8. The maximum absolute atomic E-state index is 6.13. The van der Waals surface area contributed by atoms with Crippen LogP contribution in [0.5, 0.6) is 0 Å². The molecule has 0 unspecified atom stereocenters. The minimum Gasteiger partial charge on any atom is -0.354 e. The first kappa shape index (κ1) is 13.8. The van der Waals surface area contributed by atoms with Crippen LogP contribution in [0.4, 0.5) is 5.82 Å². The van der Waals surface area contributed by atoms with E-state index in [9.17, 15) is 0 Å². The molecule has 1 heterocycles. The first-order valence-corrected chi connectivity index (χ1v) is 6.86. The monoisotopic (exact) mass is 275 g/mol. The Labute approximate surface area is 119 Å². The van der Waals surface area contributed by atoms with Crippen molar-refractivity contribution < 1.29 is 0 Å². The number of rotatable bonds is 4. The Kier molecular flexibility index (Phi) is 4.38. The van der Waals surface area contributed by atoms with Gasteiger partial charge in [0.15, 0.2) is 5.82 Å². The Morgan fingerprint density at radius 1 is 1.16 bits per heavy atom. The van der Waals surface area contributed by atoms with Gasteiger partial charge in [0, 0.05) is 24.2 Å². The average molecular weight is 276 g/mol. The fourth-order valence-corrected chi connectivity index (χ4v) is 2.24. The zero-order valence-electron chi connectivity index (χ0n) is 11.5.